The molecule has 1 saturated heterocycles. The molecule has 3 heteroatoms. The number of halogens is 1. The SMILES string of the molecule is CC(C)(C(=O)N1CCC(Br)C1)C1CCC1. The van der Waals surface area contributed by atoms with E-state index in [9.17, 15) is 4.79 Å². The van der Waals surface area contributed by atoms with Crippen molar-refractivity contribution in [1.29, 1.82) is 0 Å². The Labute approximate surface area is 101 Å². The van der Waals surface area contributed by atoms with Gasteiger partial charge < -0.3 is 4.90 Å². The molecule has 1 aliphatic heterocycles. The van der Waals surface area contributed by atoms with Crippen molar-refractivity contribution in [3.8, 4) is 0 Å². The first kappa shape index (κ1) is 11.4. The van der Waals surface area contributed by atoms with Crippen molar-refractivity contribution in [3.63, 3.8) is 0 Å². The first-order valence-corrected chi connectivity index (χ1v) is 6.87. The van der Waals surface area contributed by atoms with E-state index < -0.39 is 0 Å². The molecule has 0 bridgehead atoms. The number of carbonyl (C=O) groups is 1. The molecule has 0 N–H and O–H groups in total. The number of hydrogen-bond donors (Lipinski definition) is 0. The summed E-state index contributed by atoms with van der Waals surface area (Å²) in [6.07, 6.45) is 4.89. The second kappa shape index (κ2) is 4.08. The zero-order chi connectivity index (χ0) is 11.1. The molecule has 86 valence electrons. The van der Waals surface area contributed by atoms with Gasteiger partial charge in [0.1, 0.15) is 0 Å². The summed E-state index contributed by atoms with van der Waals surface area (Å²) in [5.74, 6) is 0.994. The second-order valence-electron chi connectivity index (χ2n) is 5.49. The minimum Gasteiger partial charge on any atom is -0.341 e. The van der Waals surface area contributed by atoms with Crippen LogP contribution in [0.2, 0.25) is 0 Å². The highest BCUT2D eigenvalue weighted by Crippen LogP contribution is 2.43. The van der Waals surface area contributed by atoms with Gasteiger partial charge in [-0.05, 0) is 25.2 Å². The Hall–Kier alpha value is -0.0500. The zero-order valence-corrected chi connectivity index (χ0v) is 11.2. The lowest BCUT2D eigenvalue weighted by molar-refractivity contribution is -0.144. The highest BCUT2D eigenvalue weighted by atomic mass is 79.9. The third-order valence-electron chi connectivity index (χ3n) is 4.09. The summed E-state index contributed by atoms with van der Waals surface area (Å²) in [5, 5.41) is 0. The van der Waals surface area contributed by atoms with Crippen LogP contribution in [0.3, 0.4) is 0 Å². The van der Waals surface area contributed by atoms with Crippen molar-refractivity contribution in [2.75, 3.05) is 13.1 Å². The average molecular weight is 274 g/mol. The largest absolute Gasteiger partial charge is 0.341 e. The van der Waals surface area contributed by atoms with E-state index in [2.05, 4.69) is 29.8 Å². The molecule has 2 fully saturated rings. The molecule has 1 atom stereocenters. The van der Waals surface area contributed by atoms with E-state index in [1.807, 2.05) is 4.90 Å². The number of nitrogens with zero attached hydrogens (tertiary/aromatic N) is 1. The van der Waals surface area contributed by atoms with Crippen molar-refractivity contribution >= 4 is 21.8 Å². The van der Waals surface area contributed by atoms with Crippen molar-refractivity contribution in [2.24, 2.45) is 11.3 Å². The maximum absolute atomic E-state index is 12.4. The molecule has 0 aromatic carbocycles. The Bertz CT molecular complexity index is 260. The number of amides is 1. The third-order valence-corrected chi connectivity index (χ3v) is 4.84. The van der Waals surface area contributed by atoms with Crippen molar-refractivity contribution in [1.82, 2.24) is 4.90 Å². The van der Waals surface area contributed by atoms with Crippen LogP contribution in [0.5, 0.6) is 0 Å². The van der Waals surface area contributed by atoms with Crippen LogP contribution in [0, 0.1) is 11.3 Å². The predicted octanol–water partition coefficient (Wildman–Crippen LogP) is 2.81. The lowest BCUT2D eigenvalue weighted by Gasteiger charge is -2.41. The molecule has 2 nitrogen and oxygen atoms in total. The lowest BCUT2D eigenvalue weighted by atomic mass is 9.66. The summed E-state index contributed by atoms with van der Waals surface area (Å²) >= 11 is 3.59. The van der Waals surface area contributed by atoms with Crippen LogP contribution < -0.4 is 0 Å². The Morgan fingerprint density at radius 1 is 1.33 bits per heavy atom. The normalized spacial score (nSPS) is 27.9. The van der Waals surface area contributed by atoms with Crippen LogP contribution in [-0.4, -0.2) is 28.7 Å². The monoisotopic (exact) mass is 273 g/mol. The molecule has 1 aliphatic carbocycles. The minimum atomic E-state index is -0.130. The van der Waals surface area contributed by atoms with E-state index in [4.69, 9.17) is 0 Å². The Balaban J connectivity index is 1.99. The Morgan fingerprint density at radius 3 is 2.40 bits per heavy atom. The minimum absolute atomic E-state index is 0.130. The molecule has 1 saturated carbocycles. The van der Waals surface area contributed by atoms with E-state index >= 15 is 0 Å². The van der Waals surface area contributed by atoms with Gasteiger partial charge in [0.15, 0.2) is 0 Å². The van der Waals surface area contributed by atoms with E-state index in [0.29, 0.717) is 16.7 Å². The van der Waals surface area contributed by atoms with Crippen molar-refractivity contribution < 1.29 is 4.79 Å². The summed E-state index contributed by atoms with van der Waals surface area (Å²) in [7, 11) is 0. The number of alkyl halides is 1. The topological polar surface area (TPSA) is 20.3 Å². The summed E-state index contributed by atoms with van der Waals surface area (Å²) < 4.78 is 0. The van der Waals surface area contributed by atoms with E-state index in [-0.39, 0.29) is 5.41 Å². The van der Waals surface area contributed by atoms with Gasteiger partial charge >= 0.3 is 0 Å². The van der Waals surface area contributed by atoms with Gasteiger partial charge in [0.05, 0.1) is 0 Å². The maximum atomic E-state index is 12.4. The molecule has 1 unspecified atom stereocenters. The van der Waals surface area contributed by atoms with Gasteiger partial charge in [-0.2, -0.15) is 0 Å². The molecule has 2 rings (SSSR count). The van der Waals surface area contributed by atoms with Crippen LogP contribution in [-0.2, 0) is 4.79 Å². The molecule has 1 heterocycles. The number of hydrogen-bond acceptors (Lipinski definition) is 1. The molecule has 0 aromatic rings. The van der Waals surface area contributed by atoms with Gasteiger partial charge in [-0.25, -0.2) is 0 Å². The van der Waals surface area contributed by atoms with E-state index in [0.717, 1.165) is 19.5 Å². The van der Waals surface area contributed by atoms with E-state index in [1.165, 1.54) is 19.3 Å². The molecule has 0 radical (unpaired) electrons. The number of rotatable bonds is 2. The molecular weight excluding hydrogens is 254 g/mol. The lowest BCUT2D eigenvalue weighted by Crippen LogP contribution is -2.45. The summed E-state index contributed by atoms with van der Waals surface area (Å²) in [4.78, 5) is 14.9. The van der Waals surface area contributed by atoms with E-state index in [1.54, 1.807) is 0 Å². The van der Waals surface area contributed by atoms with Crippen LogP contribution in [0.4, 0.5) is 0 Å². The van der Waals surface area contributed by atoms with Gasteiger partial charge in [-0.3, -0.25) is 4.79 Å². The second-order valence-corrected chi connectivity index (χ2v) is 6.78. The standard InChI is InChI=1S/C12H20BrNO/c1-12(2,9-4-3-5-9)11(15)14-7-6-10(13)8-14/h9-10H,3-8H2,1-2H3. The molecule has 0 aromatic heterocycles. The summed E-state index contributed by atoms with van der Waals surface area (Å²) in [6.45, 7) is 6.08. The fourth-order valence-electron chi connectivity index (χ4n) is 2.61. The van der Waals surface area contributed by atoms with Crippen LogP contribution in [0.15, 0.2) is 0 Å². The molecule has 15 heavy (non-hydrogen) atoms. The van der Waals surface area contributed by atoms with Crippen LogP contribution >= 0.6 is 15.9 Å². The average Bonchev–Trinajstić information content (AvgIpc) is 2.46. The van der Waals surface area contributed by atoms with Gasteiger partial charge in [-0.15, -0.1) is 0 Å². The highest BCUT2D eigenvalue weighted by Gasteiger charge is 2.43. The van der Waals surface area contributed by atoms with Gasteiger partial charge in [0.25, 0.3) is 0 Å². The smallest absolute Gasteiger partial charge is 0.228 e. The predicted molar refractivity (Wildman–Crippen MR) is 65.0 cm³/mol. The molecular formula is C12H20BrNO. The molecule has 1 amide bonds. The Morgan fingerprint density at radius 2 is 2.00 bits per heavy atom. The van der Waals surface area contributed by atoms with Gasteiger partial charge in [-0.1, -0.05) is 36.2 Å². The van der Waals surface area contributed by atoms with Gasteiger partial charge in [0, 0.05) is 23.3 Å². The van der Waals surface area contributed by atoms with Crippen molar-refractivity contribution in [2.45, 2.75) is 44.4 Å². The van der Waals surface area contributed by atoms with Crippen molar-refractivity contribution in [3.05, 3.63) is 0 Å². The molecule has 2 aliphatic rings. The van der Waals surface area contributed by atoms with Crippen LogP contribution in [0.25, 0.3) is 0 Å². The molecule has 0 spiro atoms. The third kappa shape index (κ3) is 2.08. The van der Waals surface area contributed by atoms with Crippen LogP contribution in [0.1, 0.15) is 39.5 Å². The maximum Gasteiger partial charge on any atom is 0.228 e. The zero-order valence-electron chi connectivity index (χ0n) is 9.63. The fourth-order valence-corrected chi connectivity index (χ4v) is 3.17. The van der Waals surface area contributed by atoms with Gasteiger partial charge in [0.2, 0.25) is 5.91 Å². The summed E-state index contributed by atoms with van der Waals surface area (Å²) in [5.41, 5.74) is -0.130. The number of likely N-dealkylation sites (tertiary alicyclic amines) is 1. The Kier molecular flexibility index (Phi) is 3.11. The summed E-state index contributed by atoms with van der Waals surface area (Å²) in [6, 6.07) is 0. The number of carbonyl (C=O) groups excluding carboxylic acids is 1. The quantitative estimate of drug-likeness (QED) is 0.709. The first-order chi connectivity index (χ1) is 7.01. The first-order valence-electron chi connectivity index (χ1n) is 5.95. The fraction of sp³-hybridized carbons (Fsp3) is 0.917. The highest BCUT2D eigenvalue weighted by molar-refractivity contribution is 9.09.